The highest BCUT2D eigenvalue weighted by molar-refractivity contribution is 5.60. The molecular formula is C13H16N4O. The van der Waals surface area contributed by atoms with Gasteiger partial charge in [-0.3, -0.25) is 0 Å². The summed E-state index contributed by atoms with van der Waals surface area (Å²) in [5, 5.41) is 0. The highest BCUT2D eigenvalue weighted by Gasteiger charge is 2.26. The lowest BCUT2D eigenvalue weighted by molar-refractivity contribution is 0.300. The number of nitrogens with one attached hydrogen (secondary N) is 1. The first-order valence-electron chi connectivity index (χ1n) is 6.07. The minimum atomic E-state index is 0.0845. The lowest BCUT2D eigenvalue weighted by Crippen LogP contribution is -2.39. The minimum Gasteiger partial charge on any atom is -0.490 e. The zero-order valence-corrected chi connectivity index (χ0v) is 10.0. The van der Waals surface area contributed by atoms with Gasteiger partial charge in [0.1, 0.15) is 12.4 Å². The van der Waals surface area contributed by atoms with E-state index in [0.29, 0.717) is 13.2 Å². The number of nitrogens with two attached hydrogens (primary N) is 1. The zero-order valence-electron chi connectivity index (χ0n) is 10.0. The van der Waals surface area contributed by atoms with E-state index in [1.165, 1.54) is 0 Å². The third kappa shape index (κ3) is 1.82. The van der Waals surface area contributed by atoms with Crippen molar-refractivity contribution in [1.82, 2.24) is 9.97 Å². The van der Waals surface area contributed by atoms with Gasteiger partial charge in [-0.05, 0) is 12.1 Å². The highest BCUT2D eigenvalue weighted by Crippen LogP contribution is 2.35. The Balaban J connectivity index is 1.97. The monoisotopic (exact) mass is 244 g/mol. The van der Waals surface area contributed by atoms with Gasteiger partial charge in [0.05, 0.1) is 30.3 Å². The van der Waals surface area contributed by atoms with Gasteiger partial charge in [-0.25, -0.2) is 4.98 Å². The van der Waals surface area contributed by atoms with Crippen molar-refractivity contribution in [3.8, 4) is 5.75 Å². The number of ether oxygens (including phenoxy) is 1. The Labute approximate surface area is 106 Å². The number of rotatable bonds is 3. The van der Waals surface area contributed by atoms with Crippen molar-refractivity contribution >= 4 is 5.69 Å². The maximum Gasteiger partial charge on any atom is 0.142 e. The molecule has 1 aromatic carbocycles. The second-order valence-electron chi connectivity index (χ2n) is 4.26. The van der Waals surface area contributed by atoms with Gasteiger partial charge < -0.3 is 20.4 Å². The number of para-hydroxylation sites is 2. The van der Waals surface area contributed by atoms with E-state index in [9.17, 15) is 0 Å². The average Bonchev–Trinajstić information content (AvgIpc) is 2.94. The molecule has 2 heterocycles. The van der Waals surface area contributed by atoms with E-state index in [1.54, 1.807) is 6.33 Å². The third-order valence-corrected chi connectivity index (χ3v) is 3.22. The number of hydrogen-bond acceptors (Lipinski definition) is 4. The summed E-state index contributed by atoms with van der Waals surface area (Å²) in [5.74, 6) is 0.915. The first-order valence-corrected chi connectivity index (χ1v) is 6.07. The van der Waals surface area contributed by atoms with Crippen LogP contribution in [0.1, 0.15) is 11.7 Å². The van der Waals surface area contributed by atoms with Crippen molar-refractivity contribution in [2.24, 2.45) is 5.73 Å². The summed E-state index contributed by atoms with van der Waals surface area (Å²) in [6.07, 6.45) is 3.58. The predicted octanol–water partition coefficient (Wildman–Crippen LogP) is 1.31. The summed E-state index contributed by atoms with van der Waals surface area (Å²) >= 11 is 0. The molecule has 0 fully saturated rings. The molecule has 0 amide bonds. The molecule has 0 bridgehead atoms. The van der Waals surface area contributed by atoms with Gasteiger partial charge in [0.15, 0.2) is 0 Å². The maximum absolute atomic E-state index is 5.92. The lowest BCUT2D eigenvalue weighted by Gasteiger charge is -2.36. The fourth-order valence-corrected chi connectivity index (χ4v) is 2.38. The number of benzene rings is 1. The summed E-state index contributed by atoms with van der Waals surface area (Å²) in [4.78, 5) is 9.56. The molecule has 3 N–H and O–H groups in total. The van der Waals surface area contributed by atoms with Gasteiger partial charge in [-0.1, -0.05) is 12.1 Å². The standard InChI is InChI=1S/C13H16N4O/c14-7-12(10-8-15-9-16-10)17-5-6-18-13-4-2-1-3-11(13)17/h1-4,8-9,12H,5-7,14H2,(H,15,16). The van der Waals surface area contributed by atoms with Gasteiger partial charge in [0.25, 0.3) is 0 Å². The van der Waals surface area contributed by atoms with Crippen molar-refractivity contribution in [1.29, 1.82) is 0 Å². The van der Waals surface area contributed by atoms with E-state index in [1.807, 2.05) is 24.4 Å². The Morgan fingerprint density at radius 1 is 1.44 bits per heavy atom. The molecule has 5 nitrogen and oxygen atoms in total. The molecule has 1 unspecified atom stereocenters. The smallest absolute Gasteiger partial charge is 0.142 e. The van der Waals surface area contributed by atoms with Crippen LogP contribution < -0.4 is 15.4 Å². The van der Waals surface area contributed by atoms with Crippen molar-refractivity contribution < 1.29 is 4.74 Å². The second kappa shape index (κ2) is 4.70. The maximum atomic E-state index is 5.92. The number of hydrogen-bond donors (Lipinski definition) is 2. The summed E-state index contributed by atoms with van der Waals surface area (Å²) in [5.41, 5.74) is 7.97. The van der Waals surface area contributed by atoms with E-state index in [2.05, 4.69) is 20.9 Å². The summed E-state index contributed by atoms with van der Waals surface area (Å²) in [6.45, 7) is 2.03. The van der Waals surface area contributed by atoms with E-state index < -0.39 is 0 Å². The Kier molecular flexibility index (Phi) is 2.90. The molecule has 5 heteroatoms. The number of imidazole rings is 1. The average molecular weight is 244 g/mol. The van der Waals surface area contributed by atoms with Gasteiger partial charge in [-0.15, -0.1) is 0 Å². The molecule has 1 atom stereocenters. The molecule has 1 aliphatic heterocycles. The van der Waals surface area contributed by atoms with Crippen molar-refractivity contribution in [2.75, 3.05) is 24.6 Å². The van der Waals surface area contributed by atoms with Crippen LogP contribution in [0, 0.1) is 0 Å². The second-order valence-corrected chi connectivity index (χ2v) is 4.26. The van der Waals surface area contributed by atoms with E-state index in [0.717, 1.165) is 23.7 Å². The van der Waals surface area contributed by atoms with Crippen LogP contribution in [0.25, 0.3) is 0 Å². The normalized spacial score (nSPS) is 15.9. The van der Waals surface area contributed by atoms with Crippen LogP contribution >= 0.6 is 0 Å². The third-order valence-electron chi connectivity index (χ3n) is 3.22. The molecule has 0 saturated heterocycles. The number of aromatic nitrogens is 2. The Bertz CT molecular complexity index is 511. The molecule has 1 aromatic heterocycles. The first kappa shape index (κ1) is 11.1. The van der Waals surface area contributed by atoms with Gasteiger partial charge in [-0.2, -0.15) is 0 Å². The molecule has 0 spiro atoms. The van der Waals surface area contributed by atoms with Crippen molar-refractivity contribution in [3.63, 3.8) is 0 Å². The van der Waals surface area contributed by atoms with Gasteiger partial charge in [0.2, 0.25) is 0 Å². The van der Waals surface area contributed by atoms with Crippen LogP contribution in [0.3, 0.4) is 0 Å². The molecule has 2 aromatic rings. The molecule has 0 aliphatic carbocycles. The molecule has 18 heavy (non-hydrogen) atoms. The molecule has 1 aliphatic rings. The number of nitrogens with zero attached hydrogens (tertiary/aromatic N) is 2. The van der Waals surface area contributed by atoms with E-state index in [4.69, 9.17) is 10.5 Å². The van der Waals surface area contributed by atoms with Crippen LogP contribution in [0.4, 0.5) is 5.69 Å². The largest absolute Gasteiger partial charge is 0.490 e. The quantitative estimate of drug-likeness (QED) is 0.854. The lowest BCUT2D eigenvalue weighted by atomic mass is 10.1. The molecular weight excluding hydrogens is 228 g/mol. The minimum absolute atomic E-state index is 0.0845. The molecule has 3 rings (SSSR count). The Hall–Kier alpha value is -2.01. The van der Waals surface area contributed by atoms with Crippen LogP contribution in [-0.4, -0.2) is 29.7 Å². The zero-order chi connectivity index (χ0) is 12.4. The Morgan fingerprint density at radius 3 is 3.11 bits per heavy atom. The number of fused-ring (bicyclic) bond motifs is 1. The highest BCUT2D eigenvalue weighted by atomic mass is 16.5. The SMILES string of the molecule is NCC(c1c[nH]cn1)N1CCOc2ccccc21. The van der Waals surface area contributed by atoms with E-state index >= 15 is 0 Å². The number of anilines is 1. The molecule has 0 saturated carbocycles. The number of H-pyrrole nitrogens is 1. The van der Waals surface area contributed by atoms with Crippen molar-refractivity contribution in [3.05, 3.63) is 42.5 Å². The Morgan fingerprint density at radius 2 is 2.33 bits per heavy atom. The summed E-state index contributed by atoms with van der Waals surface area (Å²) in [6, 6.07) is 8.12. The summed E-state index contributed by atoms with van der Waals surface area (Å²) in [7, 11) is 0. The molecule has 0 radical (unpaired) electrons. The van der Waals surface area contributed by atoms with E-state index in [-0.39, 0.29) is 6.04 Å². The fraction of sp³-hybridized carbons (Fsp3) is 0.308. The van der Waals surface area contributed by atoms with Crippen LogP contribution in [0.15, 0.2) is 36.8 Å². The predicted molar refractivity (Wildman–Crippen MR) is 69.7 cm³/mol. The topological polar surface area (TPSA) is 67.2 Å². The molecule has 94 valence electrons. The van der Waals surface area contributed by atoms with Gasteiger partial charge >= 0.3 is 0 Å². The van der Waals surface area contributed by atoms with Gasteiger partial charge in [0, 0.05) is 12.7 Å². The number of aromatic amines is 1. The summed E-state index contributed by atoms with van der Waals surface area (Å²) < 4.78 is 5.65. The fourth-order valence-electron chi connectivity index (χ4n) is 2.38. The van der Waals surface area contributed by atoms with Crippen LogP contribution in [-0.2, 0) is 0 Å². The first-order chi connectivity index (χ1) is 8.90. The van der Waals surface area contributed by atoms with Crippen LogP contribution in [0.5, 0.6) is 5.75 Å². The van der Waals surface area contributed by atoms with Crippen molar-refractivity contribution in [2.45, 2.75) is 6.04 Å². The van der Waals surface area contributed by atoms with Crippen LogP contribution in [0.2, 0.25) is 0 Å².